The maximum Gasteiger partial charge on any atom is 0.0361 e. The van der Waals surface area contributed by atoms with Crippen LogP contribution in [-0.2, 0) is 0 Å². The molecule has 0 amide bonds. The molecular weight excluding hydrogens is 314 g/mol. The number of hydrogen-bond acceptors (Lipinski definition) is 1. The van der Waals surface area contributed by atoms with Gasteiger partial charge in [0.1, 0.15) is 0 Å². The largest absolute Gasteiger partial charge is 0.378 e. The summed E-state index contributed by atoms with van der Waals surface area (Å²) in [7, 11) is 4.15. The Labute approximate surface area is 160 Å². The summed E-state index contributed by atoms with van der Waals surface area (Å²) in [6.45, 7) is 19.7. The van der Waals surface area contributed by atoms with Crippen molar-refractivity contribution < 1.29 is 0 Å². The van der Waals surface area contributed by atoms with E-state index in [0.29, 0.717) is 0 Å². The Morgan fingerprint density at radius 1 is 0.692 bits per heavy atom. The molecule has 0 bridgehead atoms. The summed E-state index contributed by atoms with van der Waals surface area (Å²) in [6, 6.07) is 8.82. The predicted molar refractivity (Wildman–Crippen MR) is 119 cm³/mol. The van der Waals surface area contributed by atoms with Gasteiger partial charge >= 0.3 is 0 Å². The lowest BCUT2D eigenvalue weighted by Crippen LogP contribution is -2.08. The normalized spacial score (nSPS) is 12.0. The van der Waals surface area contributed by atoms with E-state index in [4.69, 9.17) is 0 Å². The first-order valence-electron chi connectivity index (χ1n) is 9.29. The van der Waals surface area contributed by atoms with Gasteiger partial charge < -0.3 is 4.90 Å². The molecule has 0 aliphatic heterocycles. The number of anilines is 1. The zero-order chi connectivity index (χ0) is 19.8. The molecule has 2 aromatic carbocycles. The summed E-state index contributed by atoms with van der Waals surface area (Å²) in [5, 5.41) is 0. The molecule has 1 nitrogen and oxygen atoms in total. The third-order valence-corrected chi connectivity index (χ3v) is 5.81. The van der Waals surface area contributed by atoms with Crippen LogP contribution in [0.1, 0.15) is 59.7 Å². The first-order valence-corrected chi connectivity index (χ1v) is 9.29. The summed E-state index contributed by atoms with van der Waals surface area (Å²) >= 11 is 0. The lowest BCUT2D eigenvalue weighted by atomic mass is 9.82. The summed E-state index contributed by atoms with van der Waals surface area (Å²) in [5.74, 6) is 0. The predicted octanol–water partition coefficient (Wildman–Crippen LogP) is 6.97. The van der Waals surface area contributed by atoms with Crippen LogP contribution in [0.15, 0.2) is 30.8 Å². The van der Waals surface area contributed by atoms with Crippen molar-refractivity contribution >= 4 is 22.4 Å². The molecule has 0 saturated carbocycles. The molecule has 0 N–H and O–H groups in total. The summed E-state index contributed by atoms with van der Waals surface area (Å²) in [6.07, 6.45) is 0. The molecule has 0 aromatic heterocycles. The topological polar surface area (TPSA) is 3.24 Å². The quantitative estimate of drug-likeness (QED) is 0.540. The fraction of sp³-hybridized carbons (Fsp3) is 0.360. The van der Waals surface area contributed by atoms with Crippen molar-refractivity contribution in [3.8, 4) is 0 Å². The summed E-state index contributed by atoms with van der Waals surface area (Å²) in [5.41, 5.74) is 14.5. The molecule has 2 rings (SSSR count). The molecule has 0 atom stereocenters. The van der Waals surface area contributed by atoms with Crippen molar-refractivity contribution in [1.82, 2.24) is 0 Å². The van der Waals surface area contributed by atoms with E-state index in [1.54, 1.807) is 0 Å². The molecule has 0 spiro atoms. The molecule has 0 aliphatic rings. The first kappa shape index (κ1) is 20.0. The molecule has 138 valence electrons. The van der Waals surface area contributed by atoms with Crippen LogP contribution in [0, 0.1) is 27.7 Å². The molecule has 1 heteroatoms. The van der Waals surface area contributed by atoms with Crippen LogP contribution in [0.5, 0.6) is 0 Å². The van der Waals surface area contributed by atoms with Crippen LogP contribution >= 0.6 is 0 Å². The van der Waals surface area contributed by atoms with Crippen molar-refractivity contribution in [2.75, 3.05) is 19.0 Å². The second kappa shape index (κ2) is 7.53. The minimum atomic E-state index is 1.15. The lowest BCUT2D eigenvalue weighted by molar-refractivity contribution is 1.13. The van der Waals surface area contributed by atoms with Crippen LogP contribution in [0.25, 0.3) is 16.7 Å². The van der Waals surface area contributed by atoms with E-state index in [1.165, 1.54) is 55.8 Å². The van der Waals surface area contributed by atoms with Gasteiger partial charge in [-0.2, -0.15) is 0 Å². The molecule has 0 radical (unpaired) electrons. The van der Waals surface area contributed by atoms with Gasteiger partial charge in [0, 0.05) is 19.8 Å². The molecule has 0 saturated heterocycles. The SMILES string of the molecule is C=C(C)c1c(C)c(C)c(/C(C)=C(\C)c2ccc(N(C)C)cc2)c(C)c1C. The monoisotopic (exact) mass is 347 g/mol. The number of rotatable bonds is 4. The highest BCUT2D eigenvalue weighted by molar-refractivity contribution is 5.92. The van der Waals surface area contributed by atoms with Gasteiger partial charge in [-0.25, -0.2) is 0 Å². The third-order valence-electron chi connectivity index (χ3n) is 5.81. The van der Waals surface area contributed by atoms with Crippen LogP contribution in [0.4, 0.5) is 5.69 Å². The Kier molecular flexibility index (Phi) is 5.81. The van der Waals surface area contributed by atoms with Crippen molar-refractivity contribution in [3.05, 3.63) is 69.8 Å². The van der Waals surface area contributed by atoms with Gasteiger partial charge in [-0.3, -0.25) is 0 Å². The number of allylic oxidation sites excluding steroid dienone is 3. The van der Waals surface area contributed by atoms with Crippen LogP contribution in [0.3, 0.4) is 0 Å². The molecule has 26 heavy (non-hydrogen) atoms. The molecular formula is C25H33N. The van der Waals surface area contributed by atoms with Crippen molar-refractivity contribution in [2.45, 2.75) is 48.5 Å². The van der Waals surface area contributed by atoms with Crippen molar-refractivity contribution in [1.29, 1.82) is 0 Å². The number of benzene rings is 2. The van der Waals surface area contributed by atoms with Crippen LogP contribution < -0.4 is 4.90 Å². The second-order valence-corrected chi connectivity index (χ2v) is 7.72. The smallest absolute Gasteiger partial charge is 0.0361 e. The highest BCUT2D eigenvalue weighted by atomic mass is 15.1. The molecule has 2 aromatic rings. The Balaban J connectivity index is 2.66. The zero-order valence-corrected chi connectivity index (χ0v) is 18.0. The van der Waals surface area contributed by atoms with Gasteiger partial charge in [0.15, 0.2) is 0 Å². The lowest BCUT2D eigenvalue weighted by Gasteiger charge is -2.23. The van der Waals surface area contributed by atoms with Gasteiger partial charge in [0.05, 0.1) is 0 Å². The van der Waals surface area contributed by atoms with E-state index in [0.717, 1.165) is 5.57 Å². The Morgan fingerprint density at radius 3 is 1.50 bits per heavy atom. The van der Waals surface area contributed by atoms with Gasteiger partial charge in [-0.1, -0.05) is 24.3 Å². The van der Waals surface area contributed by atoms with E-state index >= 15 is 0 Å². The fourth-order valence-electron chi connectivity index (χ4n) is 3.93. The number of hydrogen-bond donors (Lipinski definition) is 0. The number of nitrogens with zero attached hydrogens (tertiary/aromatic N) is 1. The van der Waals surface area contributed by atoms with Gasteiger partial charge in [-0.05, 0) is 111 Å². The van der Waals surface area contributed by atoms with Crippen molar-refractivity contribution in [2.24, 2.45) is 0 Å². The first-order chi connectivity index (χ1) is 12.1. The van der Waals surface area contributed by atoms with E-state index in [2.05, 4.69) is 98.3 Å². The molecule has 0 unspecified atom stereocenters. The summed E-state index contributed by atoms with van der Waals surface area (Å²) in [4.78, 5) is 2.13. The fourth-order valence-corrected chi connectivity index (χ4v) is 3.93. The van der Waals surface area contributed by atoms with Crippen molar-refractivity contribution in [3.63, 3.8) is 0 Å². The minimum absolute atomic E-state index is 1.15. The highest BCUT2D eigenvalue weighted by Crippen LogP contribution is 2.37. The standard InChI is InChI=1S/C25H33N/c1-15(2)24-18(5)20(7)25(21(8)19(24)6)17(4)16(3)22-11-13-23(14-12-22)26(9)10/h11-14H,1H2,2-10H3/b17-16+. The second-order valence-electron chi connectivity index (χ2n) is 7.72. The maximum atomic E-state index is 4.19. The van der Waals surface area contributed by atoms with Gasteiger partial charge in [0.2, 0.25) is 0 Å². The Hall–Kier alpha value is -2.28. The van der Waals surface area contributed by atoms with Crippen LogP contribution in [-0.4, -0.2) is 14.1 Å². The van der Waals surface area contributed by atoms with Gasteiger partial charge in [0.25, 0.3) is 0 Å². The minimum Gasteiger partial charge on any atom is -0.378 e. The van der Waals surface area contributed by atoms with E-state index in [1.807, 2.05) is 0 Å². The highest BCUT2D eigenvalue weighted by Gasteiger charge is 2.17. The van der Waals surface area contributed by atoms with E-state index in [9.17, 15) is 0 Å². The third kappa shape index (κ3) is 3.49. The molecule has 0 aliphatic carbocycles. The van der Waals surface area contributed by atoms with E-state index in [-0.39, 0.29) is 0 Å². The zero-order valence-electron chi connectivity index (χ0n) is 18.0. The van der Waals surface area contributed by atoms with Gasteiger partial charge in [-0.15, -0.1) is 0 Å². The molecule has 0 fully saturated rings. The Bertz CT molecular complexity index is 848. The molecule has 0 heterocycles. The average molecular weight is 348 g/mol. The van der Waals surface area contributed by atoms with E-state index < -0.39 is 0 Å². The average Bonchev–Trinajstić information content (AvgIpc) is 2.59. The maximum absolute atomic E-state index is 4.19. The Morgan fingerprint density at radius 2 is 1.12 bits per heavy atom. The summed E-state index contributed by atoms with van der Waals surface area (Å²) < 4.78 is 0. The van der Waals surface area contributed by atoms with Crippen LogP contribution in [0.2, 0.25) is 0 Å².